The number of nitrogens with one attached hydrogen (secondary N) is 15. The van der Waals surface area contributed by atoms with Gasteiger partial charge in [-0.2, -0.15) is 0 Å². The zero-order valence-electron chi connectivity index (χ0n) is 71.9. The maximum absolute atomic E-state index is 15.5. The van der Waals surface area contributed by atoms with Crippen LogP contribution in [0.15, 0.2) is 97.2 Å². The van der Waals surface area contributed by atoms with E-state index in [0.717, 1.165) is 0 Å². The zero-order valence-corrected chi connectivity index (χ0v) is 71.9. The molecule has 5 rings (SSSR count). The number of hydrogen-bond acceptors (Lipinski definition) is 19. The fraction of sp³-hybridized carbons (Fsp3) is 0.547. The number of aromatic amines is 1. The first-order valence-electron chi connectivity index (χ1n) is 41.6. The van der Waals surface area contributed by atoms with E-state index in [-0.39, 0.29) is 69.0 Å². The van der Waals surface area contributed by atoms with Crippen LogP contribution in [0.5, 0.6) is 5.75 Å². The highest BCUT2D eigenvalue weighted by Crippen LogP contribution is 2.24. The van der Waals surface area contributed by atoms with Crippen LogP contribution in [0.25, 0.3) is 10.9 Å². The summed E-state index contributed by atoms with van der Waals surface area (Å²) in [7, 11) is 0. The number of aromatic hydroxyl groups is 1. The molecule has 15 amide bonds. The number of amides is 15. The SMILES string of the molecule is CC(=O)N[C@@H](CC(C)C)C(=O)N[C@H](C(=O)N[C@@H](Cc1ccccc1)C(=O)N[C@]1(C)CCCCCC/C=C\CCC[C@@](C)(C(=O)N[C@@H](C)C(=O)N[C@@H](C)C(=O)N[C@@H](C)C(=O)O)NC(=O)[C@H](CC(C)C)NC(=O)[C@H](CCC(N)=O)NC(=O)[C@H](C)NC(=O)[C@H](Cc2c[nH]c3ccccc23)NC(=O)[C@H](Cc2ccc(O)cc2)NC(=O)[C@H](CCC(=O)O)NC1=O)[C@@H](C)O. The van der Waals surface area contributed by atoms with E-state index < -0.39 is 222 Å². The molecule has 674 valence electrons. The minimum Gasteiger partial charge on any atom is -0.508 e. The predicted molar refractivity (Wildman–Crippen MR) is 453 cm³/mol. The number of aliphatic hydroxyl groups is 1. The van der Waals surface area contributed by atoms with Crippen molar-refractivity contribution in [2.75, 3.05) is 0 Å². The number of rotatable bonds is 31. The molecule has 15 atom stereocenters. The molecule has 0 saturated heterocycles. The molecule has 0 aliphatic carbocycles. The number of allylic oxidation sites excluding steroid dienone is 2. The summed E-state index contributed by atoms with van der Waals surface area (Å²) in [5.41, 5.74) is 3.56. The lowest BCUT2D eigenvalue weighted by Crippen LogP contribution is -2.65. The minimum absolute atomic E-state index is 0.0727. The Bertz CT molecular complexity index is 4380. The lowest BCUT2D eigenvalue weighted by atomic mass is 9.91. The molecular formula is C86H124N16O21. The molecule has 3 aromatic carbocycles. The summed E-state index contributed by atoms with van der Waals surface area (Å²) in [4.78, 5) is 242. The van der Waals surface area contributed by atoms with Crippen LogP contribution in [0.4, 0.5) is 0 Å². The van der Waals surface area contributed by atoms with Gasteiger partial charge in [0.1, 0.15) is 89.3 Å². The summed E-state index contributed by atoms with van der Waals surface area (Å²) in [6.07, 6.45) is 2.89. The van der Waals surface area contributed by atoms with Crippen LogP contribution in [0.2, 0.25) is 0 Å². The van der Waals surface area contributed by atoms with Crippen LogP contribution in [0.3, 0.4) is 0 Å². The summed E-state index contributed by atoms with van der Waals surface area (Å²) in [5.74, 6) is -17.4. The van der Waals surface area contributed by atoms with Crippen molar-refractivity contribution in [2.24, 2.45) is 17.6 Å². The molecule has 0 radical (unpaired) electrons. The van der Waals surface area contributed by atoms with Crippen LogP contribution in [-0.2, 0) is 101 Å². The first-order valence-corrected chi connectivity index (χ1v) is 41.6. The van der Waals surface area contributed by atoms with Gasteiger partial charge in [-0.1, -0.05) is 120 Å². The number of aromatic nitrogens is 1. The Hall–Kier alpha value is -12.3. The molecule has 1 aliphatic rings. The quantitative estimate of drug-likeness (QED) is 0.0316. The molecule has 1 aliphatic heterocycles. The van der Waals surface area contributed by atoms with E-state index >= 15 is 24.0 Å². The first kappa shape index (κ1) is 101. The standard InChI is InChI=1S/C86H124N16O21/c1-47(2)41-63(93-54(10)104)78(116)100-70(53(9)103)81(119)98-66(43-55-27-21-20-22-28-55)80(118)102-86(12)40-26-19-17-15-13-14-16-18-25-39-85(11,83(122)92-51(7)72(110)89-49(5)71(109)91-52(8)82(120)121)101-79(117)64(42-48(3)4)95-74(112)61(35-37-68(87)106)94-73(111)50(6)90-76(114)67(45-57-46-88-60-30-24-23-29-59(57)60)97-77(115)65(44-56-31-33-58(105)34-32-56)96-75(113)62(99-84(86)123)36-38-69(107)108/h14,16,20-24,27-34,46-53,61-67,70,88,103,105H,13,15,17-19,25-26,35-45H2,1-12H3,(H2,87,106)(H,89,110)(H,90,114)(H,91,109)(H,92,122)(H,93,104)(H,94,111)(H,95,112)(H,96,113)(H,97,115)(H,98,119)(H,99,123)(H,100,116)(H,101,117)(H,102,118)(H,107,108)(H,120,121)/b16-14-/t49-,50-,51-,52-,53+,61-,62-,63-,64-,65-,66-,67-,70-,85-,86+/m0/s1. The number of carbonyl (C=O) groups excluding carboxylic acids is 15. The summed E-state index contributed by atoms with van der Waals surface area (Å²) < 4.78 is 0. The molecule has 0 spiro atoms. The van der Waals surface area contributed by atoms with E-state index in [9.17, 15) is 78.0 Å². The molecule has 0 saturated carbocycles. The number of phenols is 1. The van der Waals surface area contributed by atoms with Crippen LogP contribution < -0.4 is 80.2 Å². The van der Waals surface area contributed by atoms with E-state index in [0.29, 0.717) is 59.7 Å². The monoisotopic (exact) mass is 1720 g/mol. The molecular weight excluding hydrogens is 1590 g/mol. The smallest absolute Gasteiger partial charge is 0.325 e. The number of carboxylic acids is 2. The maximum atomic E-state index is 15.5. The van der Waals surface area contributed by atoms with Gasteiger partial charge in [-0.3, -0.25) is 81.5 Å². The summed E-state index contributed by atoms with van der Waals surface area (Å²) in [6.45, 7) is 17.3. The third-order valence-corrected chi connectivity index (χ3v) is 20.8. The molecule has 0 unspecified atom stereocenters. The Morgan fingerprint density at radius 2 is 1.07 bits per heavy atom. The number of carbonyl (C=O) groups is 17. The van der Waals surface area contributed by atoms with Crippen molar-refractivity contribution in [2.45, 2.75) is 288 Å². The van der Waals surface area contributed by atoms with Crippen LogP contribution in [-0.4, -0.2) is 216 Å². The van der Waals surface area contributed by atoms with Gasteiger partial charge < -0.3 is 106 Å². The van der Waals surface area contributed by atoms with Crippen molar-refractivity contribution >= 4 is 111 Å². The lowest BCUT2D eigenvalue weighted by molar-refractivity contribution is -0.142. The largest absolute Gasteiger partial charge is 0.508 e. The average molecular weight is 1720 g/mol. The predicted octanol–water partition coefficient (Wildman–Crippen LogP) is 1.34. The number of benzene rings is 3. The highest BCUT2D eigenvalue weighted by atomic mass is 16.4. The Balaban J connectivity index is 1.64. The summed E-state index contributed by atoms with van der Waals surface area (Å²) in [5, 5.41) is 77.9. The van der Waals surface area contributed by atoms with Gasteiger partial charge in [0.2, 0.25) is 88.6 Å². The van der Waals surface area contributed by atoms with E-state index in [1.54, 1.807) is 88.5 Å². The molecule has 123 heavy (non-hydrogen) atoms. The number of aliphatic carboxylic acids is 2. The van der Waals surface area contributed by atoms with Crippen LogP contribution in [0.1, 0.15) is 196 Å². The third-order valence-electron chi connectivity index (χ3n) is 20.8. The number of fused-ring (bicyclic) bond motifs is 1. The molecule has 37 nitrogen and oxygen atoms in total. The van der Waals surface area contributed by atoms with E-state index in [1.807, 2.05) is 12.2 Å². The van der Waals surface area contributed by atoms with Crippen LogP contribution >= 0.6 is 0 Å². The fourth-order valence-corrected chi connectivity index (χ4v) is 13.7. The number of hydrogen-bond donors (Lipinski definition) is 20. The molecule has 21 N–H and O–H groups in total. The van der Waals surface area contributed by atoms with Gasteiger partial charge in [0, 0.05) is 56.1 Å². The van der Waals surface area contributed by atoms with Crippen molar-refractivity contribution in [3.63, 3.8) is 0 Å². The fourth-order valence-electron chi connectivity index (χ4n) is 13.7. The number of H-pyrrole nitrogens is 1. The summed E-state index contributed by atoms with van der Waals surface area (Å²) in [6, 6.07) is 2.51. The van der Waals surface area contributed by atoms with Gasteiger partial charge in [-0.25, -0.2) is 0 Å². The Labute approximate surface area is 715 Å². The number of carboxylic acid groups (broad SMARTS) is 2. The zero-order chi connectivity index (χ0) is 91.6. The van der Waals surface area contributed by atoms with Gasteiger partial charge in [0.05, 0.1) is 6.10 Å². The topological polar surface area (TPSA) is 581 Å². The number of phenolic OH excluding ortho intramolecular Hbond substituents is 1. The normalized spacial score (nSPS) is 22.4. The second-order valence-corrected chi connectivity index (χ2v) is 32.8. The average Bonchev–Trinajstić information content (AvgIpc) is 1.77. The molecule has 0 bridgehead atoms. The highest BCUT2D eigenvalue weighted by molar-refractivity contribution is 6.02. The second kappa shape index (κ2) is 49.0. The van der Waals surface area contributed by atoms with Gasteiger partial charge in [0.25, 0.3) is 0 Å². The van der Waals surface area contributed by atoms with Crippen molar-refractivity contribution in [3.05, 3.63) is 114 Å². The summed E-state index contributed by atoms with van der Waals surface area (Å²) >= 11 is 0. The number of para-hydroxylation sites is 1. The Kier molecular flexibility index (Phi) is 40.3. The molecule has 0 fully saturated rings. The third kappa shape index (κ3) is 33.9. The second-order valence-electron chi connectivity index (χ2n) is 32.8. The van der Waals surface area contributed by atoms with Crippen molar-refractivity contribution in [3.8, 4) is 5.75 Å². The molecule has 4 aromatic rings. The molecule has 37 heteroatoms. The first-order chi connectivity index (χ1) is 57.9. The van der Waals surface area contributed by atoms with E-state index in [1.165, 1.54) is 79.7 Å². The van der Waals surface area contributed by atoms with Gasteiger partial charge in [0.15, 0.2) is 0 Å². The molecule has 1 aromatic heterocycles. The van der Waals surface area contributed by atoms with E-state index in [2.05, 4.69) is 79.4 Å². The Morgan fingerprint density at radius 1 is 0.520 bits per heavy atom. The molecule has 2 heterocycles. The van der Waals surface area contributed by atoms with Gasteiger partial charge >= 0.3 is 11.9 Å². The van der Waals surface area contributed by atoms with Gasteiger partial charge in [-0.05, 0) is 159 Å². The Morgan fingerprint density at radius 3 is 1.67 bits per heavy atom. The number of aliphatic hydroxyl groups excluding tert-OH is 1. The minimum atomic E-state index is -2.06. The number of nitrogens with two attached hydrogens (primary N) is 1. The number of primary amides is 1. The van der Waals surface area contributed by atoms with E-state index in [4.69, 9.17) is 5.73 Å². The van der Waals surface area contributed by atoms with Gasteiger partial charge in [-0.15, -0.1) is 0 Å². The van der Waals surface area contributed by atoms with Crippen LogP contribution in [0, 0.1) is 11.8 Å². The van der Waals surface area contributed by atoms with Crippen molar-refractivity contribution in [1.82, 2.24) is 79.4 Å². The van der Waals surface area contributed by atoms with Crippen molar-refractivity contribution in [1.29, 1.82) is 0 Å². The highest BCUT2D eigenvalue weighted by Gasteiger charge is 2.43. The lowest BCUT2D eigenvalue weighted by Gasteiger charge is -2.34. The van der Waals surface area contributed by atoms with Crippen molar-refractivity contribution < 1.29 is 102 Å². The maximum Gasteiger partial charge on any atom is 0.325 e.